The van der Waals surface area contributed by atoms with Gasteiger partial charge < -0.3 is 5.32 Å². The van der Waals surface area contributed by atoms with Crippen molar-refractivity contribution in [1.82, 2.24) is 35.6 Å². The number of rotatable bonds is 5. The Labute approximate surface area is 197 Å². The molecule has 11 heteroatoms. The molecule has 0 atom stereocenters. The van der Waals surface area contributed by atoms with Crippen LogP contribution in [0.15, 0.2) is 35.1 Å². The zero-order valence-electron chi connectivity index (χ0n) is 18.7. The SMILES string of the molecule is O=c1[nH][nH]c2ccc(-c3nnc(C4CCCCC4)c(Nc4n[nH]c5ccc(F)cc45)n3)c(CF)c12. The molecule has 0 radical (unpaired) electrons. The zero-order valence-corrected chi connectivity index (χ0v) is 18.7. The second kappa shape index (κ2) is 8.57. The zero-order chi connectivity index (χ0) is 23.9. The molecule has 3 aromatic heterocycles. The minimum absolute atomic E-state index is 0.165. The highest BCUT2D eigenvalue weighted by molar-refractivity contribution is 5.91. The van der Waals surface area contributed by atoms with Gasteiger partial charge in [-0.15, -0.1) is 10.2 Å². The van der Waals surface area contributed by atoms with Gasteiger partial charge in [0.05, 0.1) is 16.4 Å². The van der Waals surface area contributed by atoms with Crippen molar-refractivity contribution in [3.63, 3.8) is 0 Å². The van der Waals surface area contributed by atoms with Crippen molar-refractivity contribution in [3.05, 3.63) is 57.8 Å². The third-order valence-corrected chi connectivity index (χ3v) is 6.69. The first kappa shape index (κ1) is 21.4. The van der Waals surface area contributed by atoms with Crippen LogP contribution in [0, 0.1) is 5.82 Å². The maximum Gasteiger partial charge on any atom is 0.272 e. The van der Waals surface area contributed by atoms with E-state index in [1.807, 2.05) is 0 Å². The minimum Gasteiger partial charge on any atom is -0.321 e. The molecule has 1 aliphatic rings. The molecule has 0 aliphatic heterocycles. The molecule has 0 bridgehead atoms. The Morgan fingerprint density at radius 1 is 1.00 bits per heavy atom. The summed E-state index contributed by atoms with van der Waals surface area (Å²) in [5, 5.41) is 25.3. The molecule has 1 aliphatic carbocycles. The molecule has 0 spiro atoms. The highest BCUT2D eigenvalue weighted by Gasteiger charge is 2.25. The summed E-state index contributed by atoms with van der Waals surface area (Å²) in [6.07, 6.45) is 5.26. The van der Waals surface area contributed by atoms with Crippen molar-refractivity contribution in [2.24, 2.45) is 0 Å². The van der Waals surface area contributed by atoms with E-state index in [2.05, 4.69) is 35.9 Å². The van der Waals surface area contributed by atoms with Gasteiger partial charge in [0.25, 0.3) is 5.56 Å². The summed E-state index contributed by atoms with van der Waals surface area (Å²) in [5.74, 6) is 0.818. The van der Waals surface area contributed by atoms with E-state index < -0.39 is 12.2 Å². The predicted molar refractivity (Wildman–Crippen MR) is 128 cm³/mol. The smallest absolute Gasteiger partial charge is 0.272 e. The summed E-state index contributed by atoms with van der Waals surface area (Å²) in [7, 11) is 0. The second-order valence-electron chi connectivity index (χ2n) is 8.82. The average molecular weight is 476 g/mol. The number of alkyl halides is 1. The number of halogens is 2. The van der Waals surface area contributed by atoms with E-state index >= 15 is 0 Å². The molecule has 0 amide bonds. The Morgan fingerprint density at radius 2 is 1.83 bits per heavy atom. The quantitative estimate of drug-likeness (QED) is 0.283. The van der Waals surface area contributed by atoms with Crippen LogP contribution in [-0.4, -0.2) is 35.6 Å². The van der Waals surface area contributed by atoms with Crippen LogP contribution in [0.3, 0.4) is 0 Å². The molecular formula is C24H22F2N8O. The van der Waals surface area contributed by atoms with Crippen LogP contribution in [0.1, 0.15) is 49.3 Å². The van der Waals surface area contributed by atoms with E-state index in [-0.39, 0.29) is 28.5 Å². The van der Waals surface area contributed by atoms with Gasteiger partial charge in [-0.3, -0.25) is 20.1 Å². The monoisotopic (exact) mass is 476 g/mol. The molecule has 9 nitrogen and oxygen atoms in total. The fourth-order valence-electron chi connectivity index (χ4n) is 4.93. The van der Waals surface area contributed by atoms with Crippen LogP contribution in [0.4, 0.5) is 20.4 Å². The highest BCUT2D eigenvalue weighted by Crippen LogP contribution is 2.37. The first-order valence-corrected chi connectivity index (χ1v) is 11.6. The lowest BCUT2D eigenvalue weighted by Crippen LogP contribution is -2.13. The van der Waals surface area contributed by atoms with Crippen LogP contribution in [0.5, 0.6) is 0 Å². The van der Waals surface area contributed by atoms with Gasteiger partial charge in [0, 0.05) is 22.4 Å². The average Bonchev–Trinajstić information content (AvgIpc) is 3.47. The number of aromatic nitrogens is 7. The molecular weight excluding hydrogens is 454 g/mol. The number of H-pyrrole nitrogens is 3. The molecule has 2 aromatic carbocycles. The van der Waals surface area contributed by atoms with Crippen LogP contribution < -0.4 is 10.9 Å². The van der Waals surface area contributed by atoms with Crippen molar-refractivity contribution < 1.29 is 8.78 Å². The Bertz CT molecular complexity index is 1600. The first-order valence-electron chi connectivity index (χ1n) is 11.6. The number of nitrogens with one attached hydrogen (secondary N) is 4. The Kier molecular flexibility index (Phi) is 5.24. The number of aromatic amines is 3. The van der Waals surface area contributed by atoms with Crippen molar-refractivity contribution >= 4 is 33.4 Å². The van der Waals surface area contributed by atoms with Gasteiger partial charge in [-0.2, -0.15) is 5.10 Å². The lowest BCUT2D eigenvalue weighted by Gasteiger charge is -2.22. The van der Waals surface area contributed by atoms with Gasteiger partial charge in [-0.05, 0) is 43.2 Å². The van der Waals surface area contributed by atoms with E-state index in [9.17, 15) is 13.6 Å². The molecule has 5 aromatic rings. The number of anilines is 2. The molecule has 6 rings (SSSR count). The number of fused-ring (bicyclic) bond motifs is 2. The standard InChI is InChI=1S/C24H22F2N8O/c25-11-16-14(7-9-18-19(16)24(35)34-30-18)21-27-23(20(31-33-21)12-4-2-1-3-5-12)28-22-15-10-13(26)6-8-17(15)29-32-22/h6-10,12H,1-5,11H2,(H2,30,34,35)(H2,27,28,29,32,33). The first-order chi connectivity index (χ1) is 17.1. The van der Waals surface area contributed by atoms with Gasteiger partial charge in [-0.1, -0.05) is 19.3 Å². The van der Waals surface area contributed by atoms with Gasteiger partial charge in [-0.25, -0.2) is 13.8 Å². The minimum atomic E-state index is -0.868. The maximum absolute atomic E-state index is 14.1. The Morgan fingerprint density at radius 3 is 2.66 bits per heavy atom. The fraction of sp³-hybridized carbons (Fsp3) is 0.292. The van der Waals surface area contributed by atoms with Crippen LogP contribution in [0.25, 0.3) is 33.2 Å². The summed E-state index contributed by atoms with van der Waals surface area (Å²) >= 11 is 0. The molecule has 3 heterocycles. The van der Waals surface area contributed by atoms with E-state index in [4.69, 9.17) is 4.98 Å². The largest absolute Gasteiger partial charge is 0.321 e. The van der Waals surface area contributed by atoms with Crippen LogP contribution >= 0.6 is 0 Å². The molecule has 178 valence electrons. The summed E-state index contributed by atoms with van der Waals surface area (Å²) in [6, 6.07) is 7.72. The van der Waals surface area contributed by atoms with Crippen molar-refractivity contribution in [2.75, 3.05) is 5.32 Å². The summed E-state index contributed by atoms with van der Waals surface area (Å²) in [6.45, 7) is -0.868. The topological polar surface area (TPSA) is 128 Å². The summed E-state index contributed by atoms with van der Waals surface area (Å²) in [4.78, 5) is 17.0. The summed E-state index contributed by atoms with van der Waals surface area (Å²) in [5.41, 5.74) is 2.03. The predicted octanol–water partition coefficient (Wildman–Crippen LogP) is 4.98. The highest BCUT2D eigenvalue weighted by atomic mass is 19.1. The van der Waals surface area contributed by atoms with E-state index in [0.717, 1.165) is 25.7 Å². The second-order valence-corrected chi connectivity index (χ2v) is 8.82. The lowest BCUT2D eigenvalue weighted by molar-refractivity contribution is 0.434. The van der Waals surface area contributed by atoms with E-state index in [0.29, 0.717) is 39.3 Å². The van der Waals surface area contributed by atoms with Crippen molar-refractivity contribution in [2.45, 2.75) is 44.7 Å². The summed E-state index contributed by atoms with van der Waals surface area (Å²) < 4.78 is 28.1. The van der Waals surface area contributed by atoms with Crippen LogP contribution in [0.2, 0.25) is 0 Å². The Balaban J connectivity index is 1.50. The molecule has 35 heavy (non-hydrogen) atoms. The Hall–Kier alpha value is -4.15. The van der Waals surface area contributed by atoms with Gasteiger partial charge >= 0.3 is 0 Å². The lowest BCUT2D eigenvalue weighted by atomic mass is 9.87. The number of hydrogen-bond acceptors (Lipinski definition) is 6. The molecule has 4 N–H and O–H groups in total. The normalized spacial score (nSPS) is 14.7. The molecule has 1 fully saturated rings. The maximum atomic E-state index is 14.1. The third-order valence-electron chi connectivity index (χ3n) is 6.69. The van der Waals surface area contributed by atoms with Gasteiger partial charge in [0.1, 0.15) is 18.2 Å². The van der Waals surface area contributed by atoms with Crippen LogP contribution in [-0.2, 0) is 6.67 Å². The van der Waals surface area contributed by atoms with Crippen molar-refractivity contribution in [3.8, 4) is 11.4 Å². The van der Waals surface area contributed by atoms with E-state index in [1.54, 1.807) is 18.2 Å². The van der Waals surface area contributed by atoms with Gasteiger partial charge in [0.2, 0.25) is 0 Å². The fourth-order valence-corrected chi connectivity index (χ4v) is 4.93. The van der Waals surface area contributed by atoms with Crippen molar-refractivity contribution in [1.29, 1.82) is 0 Å². The third kappa shape index (κ3) is 3.72. The molecule has 0 unspecified atom stereocenters. The number of nitrogens with zero attached hydrogens (tertiary/aromatic N) is 4. The van der Waals surface area contributed by atoms with E-state index in [1.165, 1.54) is 18.6 Å². The number of benzene rings is 2. The van der Waals surface area contributed by atoms with Gasteiger partial charge in [0.15, 0.2) is 17.5 Å². The number of hydrogen-bond donors (Lipinski definition) is 4. The molecule has 0 saturated heterocycles. The molecule has 1 saturated carbocycles.